The van der Waals surface area contributed by atoms with E-state index in [4.69, 9.17) is 42.5 Å². The van der Waals surface area contributed by atoms with Crippen molar-refractivity contribution in [2.75, 3.05) is 32.0 Å². The molecule has 0 fully saturated rings. The molecule has 0 saturated heterocycles. The van der Waals surface area contributed by atoms with Gasteiger partial charge in [-0.3, -0.25) is 14.4 Å². The summed E-state index contributed by atoms with van der Waals surface area (Å²) in [6.45, 7) is 11.2. The van der Waals surface area contributed by atoms with Gasteiger partial charge in [0.15, 0.2) is 0 Å². The number of carbonyl (C=O) groups excluding carboxylic acids is 1. The number of benzene rings is 3. The van der Waals surface area contributed by atoms with Crippen molar-refractivity contribution in [1.29, 1.82) is 0 Å². The number of carboxylic acids is 1. The van der Waals surface area contributed by atoms with Gasteiger partial charge in [0.05, 0.1) is 35.0 Å². The van der Waals surface area contributed by atoms with Gasteiger partial charge in [0.1, 0.15) is 29.6 Å². The van der Waals surface area contributed by atoms with E-state index >= 15 is 4.79 Å². The zero-order chi connectivity index (χ0) is 39.5. The van der Waals surface area contributed by atoms with Crippen LogP contribution in [0.5, 0.6) is 5.75 Å². The van der Waals surface area contributed by atoms with Gasteiger partial charge < -0.3 is 28.5 Å². The number of fused-ring (bicyclic) bond motifs is 4. The molecular formula is C42H45Cl2N5O6. The third-order valence-electron chi connectivity index (χ3n) is 10.9. The summed E-state index contributed by atoms with van der Waals surface area (Å²) in [5, 5.41) is 18.0. The number of nitrogens with zero attached hydrogens (tertiary/aromatic N) is 5. The van der Waals surface area contributed by atoms with Gasteiger partial charge in [0.2, 0.25) is 0 Å². The number of aromatic nitrogens is 4. The molecule has 1 aliphatic rings. The molecule has 0 unspecified atom stereocenters. The zero-order valence-electron chi connectivity index (χ0n) is 32.4. The molecule has 1 aliphatic heterocycles. The largest absolute Gasteiger partial charge is 0.494 e. The summed E-state index contributed by atoms with van der Waals surface area (Å²) < 4.78 is 22.6. The first kappa shape index (κ1) is 38.5. The van der Waals surface area contributed by atoms with Gasteiger partial charge in [-0.1, -0.05) is 41.4 Å². The van der Waals surface area contributed by atoms with E-state index in [0.717, 1.165) is 66.4 Å². The van der Waals surface area contributed by atoms with Crippen molar-refractivity contribution in [3.05, 3.63) is 96.9 Å². The summed E-state index contributed by atoms with van der Waals surface area (Å²) in [6, 6.07) is 11.8. The number of para-hydroxylation sites is 1. The number of aryl methyl sites for hydroxylation is 7. The first-order valence-electron chi connectivity index (χ1n) is 18.2. The number of hydrogen-bond donors (Lipinski definition) is 1. The van der Waals surface area contributed by atoms with Crippen LogP contribution in [-0.2, 0) is 43.1 Å². The molecule has 0 spiro atoms. The van der Waals surface area contributed by atoms with Crippen LogP contribution in [0.25, 0.3) is 32.9 Å². The normalized spacial score (nSPS) is 13.1. The molecule has 13 heteroatoms. The maximum absolute atomic E-state index is 15.1. The maximum Gasteiger partial charge on any atom is 0.340 e. The summed E-state index contributed by atoms with van der Waals surface area (Å²) >= 11 is 13.3. The van der Waals surface area contributed by atoms with Crippen LogP contribution in [0.3, 0.4) is 0 Å². The van der Waals surface area contributed by atoms with Gasteiger partial charge in [-0.15, -0.1) is 0 Å². The van der Waals surface area contributed by atoms with Crippen molar-refractivity contribution in [1.82, 2.24) is 18.9 Å². The van der Waals surface area contributed by atoms with Crippen LogP contribution in [0.4, 0.5) is 5.82 Å². The molecule has 0 atom stereocenters. The maximum atomic E-state index is 15.1. The average molecular weight is 787 g/mol. The van der Waals surface area contributed by atoms with E-state index in [1.54, 1.807) is 22.6 Å². The number of amides is 1. The van der Waals surface area contributed by atoms with E-state index in [9.17, 15) is 9.90 Å². The van der Waals surface area contributed by atoms with Crippen molar-refractivity contribution in [3.8, 4) is 16.9 Å². The van der Waals surface area contributed by atoms with Crippen molar-refractivity contribution in [3.63, 3.8) is 0 Å². The number of carboxylic acid groups (broad SMARTS) is 1. The molecule has 288 valence electrons. The van der Waals surface area contributed by atoms with Crippen LogP contribution >= 0.6 is 23.2 Å². The molecule has 6 aromatic rings. The molecule has 55 heavy (non-hydrogen) atoms. The summed E-state index contributed by atoms with van der Waals surface area (Å²) in [5.74, 6) is -0.400. The predicted octanol–water partition coefficient (Wildman–Crippen LogP) is 8.87. The fraction of sp³-hybridized carbons (Fsp3) is 0.357. The Labute approximate surface area is 329 Å². The topological polar surface area (TPSA) is 113 Å². The summed E-state index contributed by atoms with van der Waals surface area (Å²) in [7, 11) is 5.23. The van der Waals surface area contributed by atoms with E-state index in [1.165, 1.54) is 7.11 Å². The van der Waals surface area contributed by atoms with Crippen molar-refractivity contribution < 1.29 is 28.9 Å². The Bertz CT molecular complexity index is 2510. The second kappa shape index (κ2) is 15.0. The van der Waals surface area contributed by atoms with E-state index in [2.05, 4.69) is 23.6 Å². The number of carbonyl (C=O) groups is 2. The standard InChI is InChI=1S/C42H45Cl2N5O6/c1-22-17-28(18-23(2)36(22)44)55-16-10-13-30-29-11-9-12-31(34-25(4)45-47(7)26(34)5)37(29)48-14-15-49(41(50)38(30)48)40-35(42(51)52)33-24(3)27(20-54-21-53-8)19-32(43)39(33)46(40)6/h9,11-12,17-19H,10,13-16,20-21H2,1-8H3,(H,51,52). The first-order valence-corrected chi connectivity index (χ1v) is 19.0. The highest BCUT2D eigenvalue weighted by Gasteiger charge is 2.37. The Kier molecular flexibility index (Phi) is 10.5. The molecule has 3 aromatic heterocycles. The van der Waals surface area contributed by atoms with Crippen LogP contribution in [0.1, 0.15) is 66.5 Å². The molecule has 1 N–H and O–H groups in total. The van der Waals surface area contributed by atoms with Gasteiger partial charge in [0, 0.05) is 66.9 Å². The molecule has 7 rings (SSSR count). The highest BCUT2D eigenvalue weighted by atomic mass is 35.5. The smallest absolute Gasteiger partial charge is 0.340 e. The van der Waals surface area contributed by atoms with Gasteiger partial charge in [0.25, 0.3) is 5.91 Å². The molecule has 0 saturated carbocycles. The number of anilines is 1. The second-order valence-corrected chi connectivity index (χ2v) is 15.1. The Morgan fingerprint density at radius 3 is 2.38 bits per heavy atom. The molecule has 11 nitrogen and oxygen atoms in total. The van der Waals surface area contributed by atoms with Crippen LogP contribution in [-0.4, -0.2) is 63.0 Å². The Hall–Kier alpha value is -4.81. The Balaban J connectivity index is 1.36. The monoisotopic (exact) mass is 785 g/mol. The van der Waals surface area contributed by atoms with Crippen molar-refractivity contribution >= 4 is 62.7 Å². The molecule has 4 heterocycles. The molecule has 3 aromatic carbocycles. The van der Waals surface area contributed by atoms with Gasteiger partial charge in [-0.2, -0.15) is 5.10 Å². The van der Waals surface area contributed by atoms with Crippen LogP contribution in [0.2, 0.25) is 10.0 Å². The highest BCUT2D eigenvalue weighted by molar-refractivity contribution is 6.36. The van der Waals surface area contributed by atoms with Crippen LogP contribution in [0.15, 0.2) is 36.4 Å². The predicted molar refractivity (Wildman–Crippen MR) is 216 cm³/mol. The third-order valence-corrected chi connectivity index (χ3v) is 11.8. The number of ether oxygens (including phenoxy) is 3. The summed E-state index contributed by atoms with van der Waals surface area (Å²) in [5.41, 5.74) is 10.2. The van der Waals surface area contributed by atoms with E-state index in [-0.39, 0.29) is 37.2 Å². The summed E-state index contributed by atoms with van der Waals surface area (Å²) in [6.07, 6.45) is 1.18. The van der Waals surface area contributed by atoms with E-state index < -0.39 is 5.97 Å². The minimum Gasteiger partial charge on any atom is -0.494 e. The fourth-order valence-corrected chi connectivity index (χ4v) is 8.80. The third kappa shape index (κ3) is 6.46. The molecule has 0 radical (unpaired) electrons. The minimum absolute atomic E-state index is 0.0224. The van der Waals surface area contributed by atoms with Crippen molar-refractivity contribution in [2.45, 2.75) is 60.6 Å². The quantitative estimate of drug-likeness (QED) is 0.0975. The van der Waals surface area contributed by atoms with Gasteiger partial charge in [-0.05, 0) is 93.5 Å². The number of halogens is 2. The second-order valence-electron chi connectivity index (χ2n) is 14.3. The molecule has 0 bridgehead atoms. The number of aromatic carboxylic acids is 1. The molecular weight excluding hydrogens is 741 g/mol. The van der Waals surface area contributed by atoms with Crippen LogP contribution in [0, 0.1) is 34.6 Å². The molecule has 1 amide bonds. The highest BCUT2D eigenvalue weighted by Crippen LogP contribution is 2.43. The minimum atomic E-state index is -1.15. The lowest BCUT2D eigenvalue weighted by molar-refractivity contribution is -0.0391. The number of rotatable bonds is 12. The average Bonchev–Trinajstić information content (AvgIpc) is 3.73. The lowest BCUT2D eigenvalue weighted by Crippen LogP contribution is -2.42. The fourth-order valence-electron chi connectivity index (χ4n) is 8.34. The Morgan fingerprint density at radius 2 is 1.73 bits per heavy atom. The van der Waals surface area contributed by atoms with Crippen LogP contribution < -0.4 is 9.64 Å². The van der Waals surface area contributed by atoms with E-state index in [1.807, 2.05) is 57.6 Å². The lowest BCUT2D eigenvalue weighted by atomic mass is 9.98. The van der Waals surface area contributed by atoms with E-state index in [0.29, 0.717) is 53.2 Å². The number of methoxy groups -OCH3 is 1. The Morgan fingerprint density at radius 1 is 1.00 bits per heavy atom. The van der Waals surface area contributed by atoms with Gasteiger partial charge in [-0.25, -0.2) is 4.79 Å². The zero-order valence-corrected chi connectivity index (χ0v) is 33.9. The summed E-state index contributed by atoms with van der Waals surface area (Å²) in [4.78, 5) is 30.0. The molecule has 0 aliphatic carbocycles. The number of hydrogen-bond acceptors (Lipinski definition) is 6. The first-order chi connectivity index (χ1) is 26.3. The SMILES string of the molecule is COCOCc1cc(Cl)c2c(c1C)c(C(=O)O)c(N1CCn3c(c(CCCOc4cc(C)c(Cl)c(C)c4)c4cccc(-c5c(C)nn(C)c5C)c43)C1=O)n2C. The van der Waals surface area contributed by atoms with Crippen molar-refractivity contribution in [2.24, 2.45) is 14.1 Å². The van der Waals surface area contributed by atoms with Gasteiger partial charge >= 0.3 is 5.97 Å². The lowest BCUT2D eigenvalue weighted by Gasteiger charge is -2.30.